The minimum atomic E-state index is -0.625. The Morgan fingerprint density at radius 2 is 2.28 bits per heavy atom. The summed E-state index contributed by atoms with van der Waals surface area (Å²) in [6, 6.07) is 1.17. The standard InChI is InChI=1S/C11H15N3O4/c15-8(7-1-2-7)5-12-10(17)6-14-4-3-9(16)13-11(14)18/h3-4,7-8,15H,1-2,5-6H2,(H,12,17)(H,13,16,18). The molecule has 1 fully saturated rings. The van der Waals surface area contributed by atoms with Gasteiger partial charge in [-0.15, -0.1) is 0 Å². The highest BCUT2D eigenvalue weighted by Crippen LogP contribution is 2.32. The number of rotatable bonds is 5. The highest BCUT2D eigenvalue weighted by molar-refractivity contribution is 5.75. The van der Waals surface area contributed by atoms with Gasteiger partial charge >= 0.3 is 5.69 Å². The smallest absolute Gasteiger partial charge is 0.328 e. The number of aromatic nitrogens is 2. The van der Waals surface area contributed by atoms with Crippen molar-refractivity contribution < 1.29 is 9.90 Å². The molecule has 7 nitrogen and oxygen atoms in total. The van der Waals surface area contributed by atoms with Gasteiger partial charge in [0.05, 0.1) is 6.10 Å². The van der Waals surface area contributed by atoms with Crippen LogP contribution in [0.2, 0.25) is 0 Å². The maximum absolute atomic E-state index is 11.5. The van der Waals surface area contributed by atoms with E-state index in [0.29, 0.717) is 5.92 Å². The van der Waals surface area contributed by atoms with E-state index in [1.165, 1.54) is 12.3 Å². The predicted octanol–water partition coefficient (Wildman–Crippen LogP) is -1.58. The van der Waals surface area contributed by atoms with E-state index in [4.69, 9.17) is 0 Å². The molecule has 1 atom stereocenters. The lowest BCUT2D eigenvalue weighted by atomic mass is 10.2. The molecule has 1 aliphatic carbocycles. The zero-order chi connectivity index (χ0) is 13.1. The van der Waals surface area contributed by atoms with Crippen molar-refractivity contribution in [3.8, 4) is 0 Å². The third-order valence-corrected chi connectivity index (χ3v) is 2.89. The number of aliphatic hydroxyl groups excluding tert-OH is 1. The number of hydrogen-bond acceptors (Lipinski definition) is 4. The Morgan fingerprint density at radius 1 is 1.56 bits per heavy atom. The van der Waals surface area contributed by atoms with Crippen LogP contribution in [0.3, 0.4) is 0 Å². The fourth-order valence-electron chi connectivity index (χ4n) is 1.65. The van der Waals surface area contributed by atoms with E-state index in [9.17, 15) is 19.5 Å². The van der Waals surface area contributed by atoms with E-state index in [2.05, 4.69) is 10.3 Å². The van der Waals surface area contributed by atoms with Crippen molar-refractivity contribution in [3.63, 3.8) is 0 Å². The molecule has 1 aliphatic rings. The minimum Gasteiger partial charge on any atom is -0.391 e. The molecular weight excluding hydrogens is 238 g/mol. The first-order valence-corrected chi connectivity index (χ1v) is 5.81. The summed E-state index contributed by atoms with van der Waals surface area (Å²) in [5.74, 6) is -0.0787. The lowest BCUT2D eigenvalue weighted by Gasteiger charge is -2.11. The Hall–Kier alpha value is -1.89. The van der Waals surface area contributed by atoms with Crippen LogP contribution in [0.25, 0.3) is 0 Å². The molecule has 0 bridgehead atoms. The van der Waals surface area contributed by atoms with E-state index in [0.717, 1.165) is 17.4 Å². The first kappa shape index (κ1) is 12.6. The van der Waals surface area contributed by atoms with Gasteiger partial charge in [-0.1, -0.05) is 0 Å². The van der Waals surface area contributed by atoms with Gasteiger partial charge in [-0.2, -0.15) is 0 Å². The summed E-state index contributed by atoms with van der Waals surface area (Å²) < 4.78 is 1.10. The molecule has 3 N–H and O–H groups in total. The van der Waals surface area contributed by atoms with Crippen LogP contribution in [-0.2, 0) is 11.3 Å². The summed E-state index contributed by atoms with van der Waals surface area (Å²) >= 11 is 0. The molecule has 7 heteroatoms. The second kappa shape index (κ2) is 5.18. The molecule has 0 spiro atoms. The fourth-order valence-corrected chi connectivity index (χ4v) is 1.65. The zero-order valence-corrected chi connectivity index (χ0v) is 9.76. The average molecular weight is 253 g/mol. The Labute approximate surface area is 102 Å². The van der Waals surface area contributed by atoms with Gasteiger partial charge in [0.2, 0.25) is 5.91 Å². The molecule has 1 amide bonds. The van der Waals surface area contributed by atoms with Gasteiger partial charge in [-0.05, 0) is 18.8 Å². The summed E-state index contributed by atoms with van der Waals surface area (Å²) in [5.41, 5.74) is -1.12. The quantitative estimate of drug-likeness (QED) is 0.589. The molecule has 1 aromatic rings. The SMILES string of the molecule is O=C(Cn1ccc(=O)[nH]c1=O)NCC(O)C1CC1. The van der Waals surface area contributed by atoms with Crippen molar-refractivity contribution in [2.75, 3.05) is 6.54 Å². The number of aliphatic hydroxyl groups is 1. The Balaban J connectivity index is 1.86. The molecule has 1 aromatic heterocycles. The van der Waals surface area contributed by atoms with E-state index >= 15 is 0 Å². The molecule has 0 saturated heterocycles. The topological polar surface area (TPSA) is 104 Å². The fraction of sp³-hybridized carbons (Fsp3) is 0.545. The van der Waals surface area contributed by atoms with Crippen LogP contribution in [0.5, 0.6) is 0 Å². The molecule has 1 saturated carbocycles. The van der Waals surface area contributed by atoms with Crippen molar-refractivity contribution in [2.24, 2.45) is 5.92 Å². The minimum absolute atomic E-state index is 0.174. The summed E-state index contributed by atoms with van der Waals surface area (Å²) in [4.78, 5) is 35.7. The zero-order valence-electron chi connectivity index (χ0n) is 9.76. The number of hydrogen-bond donors (Lipinski definition) is 3. The van der Waals surface area contributed by atoms with Gasteiger partial charge in [-0.3, -0.25) is 19.1 Å². The number of H-pyrrole nitrogens is 1. The molecular formula is C11H15N3O4. The molecule has 18 heavy (non-hydrogen) atoms. The molecule has 0 aromatic carbocycles. The van der Waals surface area contributed by atoms with Crippen LogP contribution in [0.1, 0.15) is 12.8 Å². The second-order valence-corrected chi connectivity index (χ2v) is 4.45. The number of amides is 1. The normalized spacial score (nSPS) is 16.3. The van der Waals surface area contributed by atoms with Crippen LogP contribution in [-0.4, -0.2) is 33.2 Å². The number of aromatic amines is 1. The molecule has 0 aliphatic heterocycles. The van der Waals surface area contributed by atoms with Crippen molar-refractivity contribution in [2.45, 2.75) is 25.5 Å². The van der Waals surface area contributed by atoms with E-state index in [1.54, 1.807) is 0 Å². The molecule has 0 radical (unpaired) electrons. The van der Waals surface area contributed by atoms with Crippen molar-refractivity contribution in [1.29, 1.82) is 0 Å². The monoisotopic (exact) mass is 253 g/mol. The van der Waals surface area contributed by atoms with Crippen molar-refractivity contribution in [1.82, 2.24) is 14.9 Å². The van der Waals surface area contributed by atoms with Crippen LogP contribution < -0.4 is 16.6 Å². The van der Waals surface area contributed by atoms with Crippen LogP contribution in [0.4, 0.5) is 0 Å². The summed E-state index contributed by atoms with van der Waals surface area (Å²) in [6.45, 7) is 0.0224. The van der Waals surface area contributed by atoms with Crippen molar-refractivity contribution >= 4 is 5.91 Å². The summed E-state index contributed by atoms with van der Waals surface area (Å²) in [6.07, 6.45) is 2.74. The van der Waals surface area contributed by atoms with E-state index in [-0.39, 0.29) is 19.0 Å². The number of nitrogens with zero attached hydrogens (tertiary/aromatic N) is 1. The third-order valence-electron chi connectivity index (χ3n) is 2.89. The third kappa shape index (κ3) is 3.30. The van der Waals surface area contributed by atoms with Crippen LogP contribution in [0, 0.1) is 5.92 Å². The van der Waals surface area contributed by atoms with Crippen LogP contribution in [0.15, 0.2) is 21.9 Å². The van der Waals surface area contributed by atoms with Gasteiger partial charge in [0, 0.05) is 18.8 Å². The van der Waals surface area contributed by atoms with Gasteiger partial charge in [0.1, 0.15) is 6.54 Å². The van der Waals surface area contributed by atoms with Gasteiger partial charge in [0.15, 0.2) is 0 Å². The molecule has 1 heterocycles. The number of nitrogens with one attached hydrogen (secondary N) is 2. The average Bonchev–Trinajstić information content (AvgIpc) is 3.14. The van der Waals surface area contributed by atoms with Crippen LogP contribution >= 0.6 is 0 Å². The first-order chi connectivity index (χ1) is 8.56. The maximum Gasteiger partial charge on any atom is 0.328 e. The summed E-state index contributed by atoms with van der Waals surface area (Å²) in [5, 5.41) is 12.1. The molecule has 98 valence electrons. The highest BCUT2D eigenvalue weighted by atomic mass is 16.3. The lowest BCUT2D eigenvalue weighted by molar-refractivity contribution is -0.122. The van der Waals surface area contributed by atoms with Gasteiger partial charge in [-0.25, -0.2) is 4.79 Å². The first-order valence-electron chi connectivity index (χ1n) is 5.81. The van der Waals surface area contributed by atoms with Gasteiger partial charge < -0.3 is 10.4 Å². The predicted molar refractivity (Wildman–Crippen MR) is 63.1 cm³/mol. The lowest BCUT2D eigenvalue weighted by Crippen LogP contribution is -2.38. The second-order valence-electron chi connectivity index (χ2n) is 4.45. The number of carbonyl (C=O) groups is 1. The molecule has 1 unspecified atom stereocenters. The Bertz CT molecular complexity index is 544. The van der Waals surface area contributed by atoms with Gasteiger partial charge in [0.25, 0.3) is 5.56 Å². The van der Waals surface area contributed by atoms with E-state index in [1.807, 2.05) is 0 Å². The Morgan fingerprint density at radius 3 is 2.89 bits per heavy atom. The number of carbonyl (C=O) groups excluding carboxylic acids is 1. The highest BCUT2D eigenvalue weighted by Gasteiger charge is 2.29. The summed E-state index contributed by atoms with van der Waals surface area (Å²) in [7, 11) is 0. The van der Waals surface area contributed by atoms with E-state index < -0.39 is 17.4 Å². The molecule has 2 rings (SSSR count). The maximum atomic E-state index is 11.5. The van der Waals surface area contributed by atoms with Crippen molar-refractivity contribution in [3.05, 3.63) is 33.1 Å². The largest absolute Gasteiger partial charge is 0.391 e. The Kier molecular flexibility index (Phi) is 3.61.